The van der Waals surface area contributed by atoms with Gasteiger partial charge in [-0.3, -0.25) is 9.59 Å². The van der Waals surface area contributed by atoms with Crippen LogP contribution in [0.3, 0.4) is 0 Å². The second kappa shape index (κ2) is 9.64. The highest BCUT2D eigenvalue weighted by molar-refractivity contribution is 5.76. The molecule has 0 aliphatic carbocycles. The first-order chi connectivity index (χ1) is 14.8. The number of amides is 1. The zero-order valence-corrected chi connectivity index (χ0v) is 17.0. The van der Waals surface area contributed by atoms with E-state index < -0.39 is 34.8 Å². The van der Waals surface area contributed by atoms with Gasteiger partial charge in [-0.05, 0) is 30.0 Å². The molecule has 7 heteroatoms. The van der Waals surface area contributed by atoms with Crippen LogP contribution in [0, 0.1) is 0 Å². The summed E-state index contributed by atoms with van der Waals surface area (Å²) in [4.78, 5) is 27.8. The van der Waals surface area contributed by atoms with E-state index in [1.165, 1.54) is 0 Å². The number of halogens is 3. The van der Waals surface area contributed by atoms with E-state index in [9.17, 15) is 22.8 Å². The van der Waals surface area contributed by atoms with E-state index in [0.717, 1.165) is 6.07 Å². The lowest BCUT2D eigenvalue weighted by atomic mass is 9.94. The van der Waals surface area contributed by atoms with E-state index in [-0.39, 0.29) is 18.5 Å². The van der Waals surface area contributed by atoms with Crippen molar-refractivity contribution >= 4 is 5.91 Å². The molecule has 1 atom stereocenters. The Balaban J connectivity index is 2.14. The third-order valence-electron chi connectivity index (χ3n) is 4.91. The zero-order valence-electron chi connectivity index (χ0n) is 17.0. The molecule has 0 aliphatic heterocycles. The number of H-pyrrole nitrogens is 1. The van der Waals surface area contributed by atoms with Crippen LogP contribution in [0.1, 0.15) is 42.5 Å². The molecular weight excluding hydrogens is 405 g/mol. The lowest BCUT2D eigenvalue weighted by Crippen LogP contribution is -2.36. The molecule has 0 bridgehead atoms. The summed E-state index contributed by atoms with van der Waals surface area (Å²) in [5.41, 5.74) is -1.16. The molecule has 1 amide bonds. The molecule has 0 fully saturated rings. The van der Waals surface area contributed by atoms with Crippen LogP contribution in [0.25, 0.3) is 11.3 Å². The van der Waals surface area contributed by atoms with Gasteiger partial charge in [0.15, 0.2) is 0 Å². The van der Waals surface area contributed by atoms with Gasteiger partial charge in [-0.2, -0.15) is 13.2 Å². The Kier molecular flexibility index (Phi) is 6.95. The monoisotopic (exact) mass is 428 g/mol. The Morgan fingerprint density at radius 3 is 2.23 bits per heavy atom. The first-order valence-corrected chi connectivity index (χ1v) is 10.0. The number of hydrogen-bond donors (Lipinski definition) is 2. The molecule has 31 heavy (non-hydrogen) atoms. The van der Waals surface area contributed by atoms with E-state index in [0.29, 0.717) is 17.5 Å². The van der Waals surface area contributed by atoms with Crippen molar-refractivity contribution < 1.29 is 18.0 Å². The molecule has 1 aromatic heterocycles. The van der Waals surface area contributed by atoms with Crippen molar-refractivity contribution in [3.8, 4) is 11.3 Å². The van der Waals surface area contributed by atoms with E-state index >= 15 is 0 Å². The van der Waals surface area contributed by atoms with Gasteiger partial charge in [-0.15, -0.1) is 0 Å². The minimum Gasteiger partial charge on any atom is -0.349 e. The summed E-state index contributed by atoms with van der Waals surface area (Å²) >= 11 is 0. The Morgan fingerprint density at radius 2 is 1.65 bits per heavy atom. The van der Waals surface area contributed by atoms with Gasteiger partial charge in [0.2, 0.25) is 5.91 Å². The molecule has 4 nitrogen and oxygen atoms in total. The lowest BCUT2D eigenvalue weighted by Gasteiger charge is -2.23. The van der Waals surface area contributed by atoms with Crippen molar-refractivity contribution in [3.63, 3.8) is 0 Å². The molecule has 3 rings (SSSR count). The maximum Gasteiger partial charge on any atom is 0.417 e. The normalized spacial score (nSPS) is 12.4. The molecule has 2 N–H and O–H groups in total. The number of aromatic nitrogens is 1. The molecule has 0 saturated heterocycles. The van der Waals surface area contributed by atoms with Crippen molar-refractivity contribution in [1.82, 2.24) is 10.3 Å². The predicted molar refractivity (Wildman–Crippen MR) is 113 cm³/mol. The fourth-order valence-electron chi connectivity index (χ4n) is 3.49. The summed E-state index contributed by atoms with van der Waals surface area (Å²) in [6.45, 7) is 1.80. The Labute approximate surface area is 178 Å². The van der Waals surface area contributed by atoms with Gasteiger partial charge >= 0.3 is 6.18 Å². The molecule has 2 aromatic carbocycles. The van der Waals surface area contributed by atoms with E-state index in [1.54, 1.807) is 67.6 Å². The largest absolute Gasteiger partial charge is 0.417 e. The zero-order chi connectivity index (χ0) is 22.4. The average Bonchev–Trinajstić information content (AvgIpc) is 2.73. The lowest BCUT2D eigenvalue weighted by molar-refractivity contribution is -0.139. The third-order valence-corrected chi connectivity index (χ3v) is 4.91. The van der Waals surface area contributed by atoms with Gasteiger partial charge < -0.3 is 10.3 Å². The second-order valence-corrected chi connectivity index (χ2v) is 7.26. The van der Waals surface area contributed by atoms with Gasteiger partial charge in [0, 0.05) is 12.1 Å². The van der Waals surface area contributed by atoms with Gasteiger partial charge in [-0.1, -0.05) is 67.6 Å². The number of pyridine rings is 1. The summed E-state index contributed by atoms with van der Waals surface area (Å²) in [6.07, 6.45) is -4.00. The topological polar surface area (TPSA) is 62.0 Å². The molecule has 3 aromatic rings. The predicted octanol–water partition coefficient (Wildman–Crippen LogP) is 5.26. The number of benzene rings is 2. The first-order valence-electron chi connectivity index (χ1n) is 10.0. The fraction of sp³-hybridized carbons (Fsp3) is 0.250. The van der Waals surface area contributed by atoms with Crippen molar-refractivity contribution in [2.45, 2.75) is 38.4 Å². The van der Waals surface area contributed by atoms with Crippen molar-refractivity contribution in [1.29, 1.82) is 0 Å². The highest BCUT2D eigenvalue weighted by Gasteiger charge is 2.38. The van der Waals surface area contributed by atoms with Crippen LogP contribution in [-0.2, 0) is 17.4 Å². The van der Waals surface area contributed by atoms with Crippen molar-refractivity contribution in [2.75, 3.05) is 0 Å². The summed E-state index contributed by atoms with van der Waals surface area (Å²) in [5, 5.41) is 2.64. The van der Waals surface area contributed by atoms with Crippen LogP contribution >= 0.6 is 0 Å². The maximum absolute atomic E-state index is 14.0. The van der Waals surface area contributed by atoms with Gasteiger partial charge in [0.25, 0.3) is 5.56 Å². The van der Waals surface area contributed by atoms with Crippen LogP contribution in [0.15, 0.2) is 71.5 Å². The maximum atomic E-state index is 14.0. The van der Waals surface area contributed by atoms with Crippen molar-refractivity contribution in [2.24, 2.45) is 0 Å². The van der Waals surface area contributed by atoms with E-state index in [4.69, 9.17) is 0 Å². The molecule has 0 spiro atoms. The minimum atomic E-state index is -4.77. The summed E-state index contributed by atoms with van der Waals surface area (Å²) in [6, 6.07) is 17.0. The number of nitrogens with one attached hydrogen (secondary N) is 2. The van der Waals surface area contributed by atoms with E-state index in [1.807, 2.05) is 0 Å². The Morgan fingerprint density at radius 1 is 1.03 bits per heavy atom. The average molecular weight is 428 g/mol. The minimum absolute atomic E-state index is 0.0626. The van der Waals surface area contributed by atoms with Crippen LogP contribution in [0.2, 0.25) is 0 Å². The molecular formula is C24H23F3N2O2. The Bertz CT molecular complexity index is 1080. The number of hydrogen-bond acceptors (Lipinski definition) is 2. The first kappa shape index (κ1) is 22.3. The smallest absolute Gasteiger partial charge is 0.349 e. The molecule has 0 saturated carbocycles. The molecule has 0 radical (unpaired) electrons. The molecule has 0 aliphatic rings. The van der Waals surface area contributed by atoms with Crippen LogP contribution in [0.5, 0.6) is 0 Å². The second-order valence-electron chi connectivity index (χ2n) is 7.26. The number of rotatable bonds is 7. The summed E-state index contributed by atoms with van der Waals surface area (Å²) in [5.74, 6) is -0.400. The van der Waals surface area contributed by atoms with Gasteiger partial charge in [0.1, 0.15) is 0 Å². The number of alkyl halides is 3. The molecule has 162 valence electrons. The highest BCUT2D eigenvalue weighted by Crippen LogP contribution is 2.35. The summed E-state index contributed by atoms with van der Waals surface area (Å²) in [7, 11) is 0. The standard InChI is InChI=1S/C24H23F3N2O2/c1-2-9-21(30)28-20(14-16-10-5-3-6-11-16)22-18(24(25,26)27)15-19(29-23(22)31)17-12-7-4-8-13-17/h3-8,10-13,15,20H,2,9,14H2,1H3,(H,28,30)(H,29,31). The number of aromatic amines is 1. The molecule has 1 unspecified atom stereocenters. The quantitative estimate of drug-likeness (QED) is 0.539. The molecule has 1 heterocycles. The SMILES string of the molecule is CCCC(=O)NC(Cc1ccccc1)c1c(C(F)(F)F)cc(-c2ccccc2)[nH]c1=O. The van der Waals surface area contributed by atoms with Crippen LogP contribution in [-0.4, -0.2) is 10.9 Å². The fourth-order valence-corrected chi connectivity index (χ4v) is 3.49. The summed E-state index contributed by atoms with van der Waals surface area (Å²) < 4.78 is 42.1. The van der Waals surface area contributed by atoms with Crippen LogP contribution in [0.4, 0.5) is 13.2 Å². The van der Waals surface area contributed by atoms with Crippen molar-refractivity contribution in [3.05, 3.63) is 93.8 Å². The Hall–Kier alpha value is -3.35. The third kappa shape index (κ3) is 5.63. The van der Waals surface area contributed by atoms with Crippen LogP contribution < -0.4 is 10.9 Å². The van der Waals surface area contributed by atoms with Gasteiger partial charge in [0.05, 0.1) is 17.2 Å². The highest BCUT2D eigenvalue weighted by atomic mass is 19.4. The number of carbonyl (C=O) groups is 1. The van der Waals surface area contributed by atoms with E-state index in [2.05, 4.69) is 10.3 Å². The number of carbonyl (C=O) groups excluding carboxylic acids is 1. The van der Waals surface area contributed by atoms with Gasteiger partial charge in [-0.25, -0.2) is 0 Å².